The molecule has 0 aromatic heterocycles. The van der Waals surface area contributed by atoms with Gasteiger partial charge in [-0.3, -0.25) is 0 Å². The molecule has 3 rings (SSSR count). The van der Waals surface area contributed by atoms with E-state index in [1.165, 1.54) is 6.07 Å². The maximum Gasteiger partial charge on any atom is 0.166 e. The molecule has 0 saturated heterocycles. The Hall–Kier alpha value is -1.74. The molecule has 0 spiro atoms. The van der Waals surface area contributed by atoms with Crippen molar-refractivity contribution in [2.75, 3.05) is 0 Å². The Kier molecular flexibility index (Phi) is 2.86. The van der Waals surface area contributed by atoms with Crippen LogP contribution in [0.1, 0.15) is 18.4 Å². The van der Waals surface area contributed by atoms with Crippen LogP contribution in [0.4, 0.5) is 8.78 Å². The second-order valence-corrected chi connectivity index (χ2v) is 5.21. The van der Waals surface area contributed by atoms with Crippen LogP contribution in [-0.4, -0.2) is 10.7 Å². The van der Waals surface area contributed by atoms with Crippen molar-refractivity contribution in [2.45, 2.75) is 24.9 Å². The zero-order valence-corrected chi connectivity index (χ0v) is 10.4. The summed E-state index contributed by atoms with van der Waals surface area (Å²) in [4.78, 5) is 0. The van der Waals surface area contributed by atoms with E-state index in [-0.39, 0.29) is 5.56 Å². The van der Waals surface area contributed by atoms with E-state index in [2.05, 4.69) is 0 Å². The largest absolute Gasteiger partial charge is 0.390 e. The molecular weight excluding hydrogens is 246 g/mol. The van der Waals surface area contributed by atoms with Crippen LogP contribution in [0.25, 0.3) is 11.1 Å². The Balaban J connectivity index is 2.03. The van der Waals surface area contributed by atoms with Crippen molar-refractivity contribution in [3.05, 3.63) is 59.7 Å². The van der Waals surface area contributed by atoms with Gasteiger partial charge in [0.2, 0.25) is 0 Å². The molecule has 1 fully saturated rings. The lowest BCUT2D eigenvalue weighted by atomic mass is 9.98. The summed E-state index contributed by atoms with van der Waals surface area (Å²) >= 11 is 0. The van der Waals surface area contributed by atoms with Gasteiger partial charge in [0.05, 0.1) is 5.60 Å². The third-order valence-electron chi connectivity index (χ3n) is 3.53. The monoisotopic (exact) mass is 260 g/mol. The Morgan fingerprint density at radius 2 is 1.74 bits per heavy atom. The molecule has 0 amide bonds. The normalized spacial score (nSPS) is 16.4. The standard InChI is InChI=1S/C16H14F2O/c17-14-9-11(10-16(19)6-7-16)8-13(15(14)18)12-4-2-1-3-5-12/h1-5,8-9,19H,6-7,10H2. The predicted molar refractivity (Wildman–Crippen MR) is 69.7 cm³/mol. The van der Waals surface area contributed by atoms with Gasteiger partial charge < -0.3 is 5.11 Å². The van der Waals surface area contributed by atoms with Gasteiger partial charge >= 0.3 is 0 Å². The topological polar surface area (TPSA) is 20.2 Å². The molecule has 0 atom stereocenters. The maximum atomic E-state index is 13.9. The summed E-state index contributed by atoms with van der Waals surface area (Å²) in [5.41, 5.74) is 0.819. The lowest BCUT2D eigenvalue weighted by Crippen LogP contribution is -2.11. The minimum Gasteiger partial charge on any atom is -0.390 e. The van der Waals surface area contributed by atoms with E-state index in [1.807, 2.05) is 6.07 Å². The van der Waals surface area contributed by atoms with Gasteiger partial charge in [-0.1, -0.05) is 30.3 Å². The van der Waals surface area contributed by atoms with Crippen LogP contribution in [0.3, 0.4) is 0 Å². The second-order valence-electron chi connectivity index (χ2n) is 5.21. The second kappa shape index (κ2) is 4.42. The SMILES string of the molecule is OC1(Cc2cc(F)c(F)c(-c3ccccc3)c2)CC1. The Morgan fingerprint density at radius 1 is 1.05 bits per heavy atom. The lowest BCUT2D eigenvalue weighted by molar-refractivity contribution is 0.151. The molecule has 0 aliphatic heterocycles. The highest BCUT2D eigenvalue weighted by Crippen LogP contribution is 2.39. The Bertz CT molecular complexity index is 604. The molecule has 19 heavy (non-hydrogen) atoms. The molecule has 0 heterocycles. The van der Waals surface area contributed by atoms with E-state index >= 15 is 0 Å². The fourth-order valence-electron chi connectivity index (χ4n) is 2.28. The molecule has 1 aliphatic rings. The van der Waals surface area contributed by atoms with Crippen LogP contribution in [0.2, 0.25) is 0 Å². The first kappa shape index (κ1) is 12.3. The lowest BCUT2D eigenvalue weighted by Gasteiger charge is -2.11. The van der Waals surface area contributed by atoms with Gasteiger partial charge in [-0.25, -0.2) is 8.78 Å². The molecule has 0 unspecified atom stereocenters. The van der Waals surface area contributed by atoms with Crippen molar-refractivity contribution in [1.82, 2.24) is 0 Å². The van der Waals surface area contributed by atoms with Gasteiger partial charge in [-0.05, 0) is 36.1 Å². The summed E-state index contributed by atoms with van der Waals surface area (Å²) in [5.74, 6) is -1.70. The average molecular weight is 260 g/mol. The Labute approximate surface area is 110 Å². The van der Waals surface area contributed by atoms with Crippen LogP contribution in [0, 0.1) is 11.6 Å². The number of aliphatic hydroxyl groups is 1. The van der Waals surface area contributed by atoms with Gasteiger partial charge in [-0.15, -0.1) is 0 Å². The third kappa shape index (κ3) is 2.51. The van der Waals surface area contributed by atoms with Crippen molar-refractivity contribution in [2.24, 2.45) is 0 Å². The highest BCUT2D eigenvalue weighted by Gasteiger charge is 2.40. The van der Waals surface area contributed by atoms with Crippen molar-refractivity contribution in [1.29, 1.82) is 0 Å². The zero-order chi connectivity index (χ0) is 13.5. The number of hydrogen-bond donors (Lipinski definition) is 1. The number of halogens is 2. The fourth-order valence-corrected chi connectivity index (χ4v) is 2.28. The van der Waals surface area contributed by atoms with E-state index < -0.39 is 17.2 Å². The molecule has 98 valence electrons. The first-order valence-electron chi connectivity index (χ1n) is 6.33. The molecule has 2 aromatic carbocycles. The maximum absolute atomic E-state index is 13.9. The molecule has 0 bridgehead atoms. The molecule has 1 saturated carbocycles. The number of hydrogen-bond acceptors (Lipinski definition) is 1. The van der Waals surface area contributed by atoms with Crippen molar-refractivity contribution in [3.63, 3.8) is 0 Å². The van der Waals surface area contributed by atoms with Crippen LogP contribution < -0.4 is 0 Å². The average Bonchev–Trinajstić information content (AvgIpc) is 3.12. The van der Waals surface area contributed by atoms with Gasteiger partial charge in [0.15, 0.2) is 11.6 Å². The van der Waals surface area contributed by atoms with Crippen molar-refractivity contribution in [3.8, 4) is 11.1 Å². The highest BCUT2D eigenvalue weighted by atomic mass is 19.2. The predicted octanol–water partition coefficient (Wildman–Crippen LogP) is 3.70. The van der Waals surface area contributed by atoms with Gasteiger partial charge in [0, 0.05) is 12.0 Å². The van der Waals surface area contributed by atoms with Crippen LogP contribution >= 0.6 is 0 Å². The van der Waals surface area contributed by atoms with Crippen molar-refractivity contribution < 1.29 is 13.9 Å². The van der Waals surface area contributed by atoms with E-state index in [4.69, 9.17) is 0 Å². The highest BCUT2D eigenvalue weighted by molar-refractivity contribution is 5.65. The molecule has 1 aliphatic carbocycles. The molecule has 3 heteroatoms. The van der Waals surface area contributed by atoms with E-state index in [1.54, 1.807) is 30.3 Å². The minimum atomic E-state index is -0.861. The minimum absolute atomic E-state index is 0.250. The zero-order valence-electron chi connectivity index (χ0n) is 10.4. The fraction of sp³-hybridized carbons (Fsp3) is 0.250. The summed E-state index contributed by atoms with van der Waals surface area (Å²) in [7, 11) is 0. The first-order chi connectivity index (χ1) is 9.07. The summed E-state index contributed by atoms with van der Waals surface area (Å²) in [5, 5.41) is 9.89. The van der Waals surface area contributed by atoms with Gasteiger partial charge in [0.25, 0.3) is 0 Å². The van der Waals surface area contributed by atoms with Crippen LogP contribution in [0.15, 0.2) is 42.5 Å². The molecule has 0 radical (unpaired) electrons. The third-order valence-corrected chi connectivity index (χ3v) is 3.53. The Morgan fingerprint density at radius 3 is 2.37 bits per heavy atom. The summed E-state index contributed by atoms with van der Waals surface area (Å²) < 4.78 is 27.5. The molecular formula is C16H14F2O. The summed E-state index contributed by atoms with van der Waals surface area (Å²) in [6, 6.07) is 11.7. The van der Waals surface area contributed by atoms with Crippen LogP contribution in [-0.2, 0) is 6.42 Å². The van der Waals surface area contributed by atoms with Gasteiger partial charge in [-0.2, -0.15) is 0 Å². The molecule has 1 nitrogen and oxygen atoms in total. The quantitative estimate of drug-likeness (QED) is 0.892. The van der Waals surface area contributed by atoms with E-state index in [0.29, 0.717) is 17.5 Å². The van der Waals surface area contributed by atoms with Gasteiger partial charge in [0.1, 0.15) is 0 Å². The molecule has 1 N–H and O–H groups in total. The smallest absolute Gasteiger partial charge is 0.166 e. The van der Waals surface area contributed by atoms with Crippen molar-refractivity contribution >= 4 is 0 Å². The molecule has 2 aromatic rings. The summed E-state index contributed by atoms with van der Waals surface area (Å²) in [6.45, 7) is 0. The van der Waals surface area contributed by atoms with Crippen LogP contribution in [0.5, 0.6) is 0 Å². The van der Waals surface area contributed by atoms with E-state index in [9.17, 15) is 13.9 Å². The summed E-state index contributed by atoms with van der Waals surface area (Å²) in [6.07, 6.45) is 1.84. The first-order valence-corrected chi connectivity index (χ1v) is 6.33. The number of benzene rings is 2. The number of rotatable bonds is 3. The van der Waals surface area contributed by atoms with E-state index in [0.717, 1.165) is 12.8 Å².